The normalized spacial score (nSPS) is 14.5. The van der Waals surface area contributed by atoms with E-state index in [-0.39, 0.29) is 30.7 Å². The fraction of sp³-hybridized carbons (Fsp3) is 0.259. The second-order valence-corrected chi connectivity index (χ2v) is 8.66. The van der Waals surface area contributed by atoms with E-state index in [1.165, 1.54) is 18.2 Å². The molecule has 3 N–H and O–H groups in total. The molecule has 2 atom stereocenters. The Hall–Kier alpha value is -3.65. The summed E-state index contributed by atoms with van der Waals surface area (Å²) in [5.74, 6) is -1.79. The molecule has 0 aliphatic rings. The summed E-state index contributed by atoms with van der Waals surface area (Å²) in [6.07, 6.45) is -4.70. The minimum absolute atomic E-state index is 0.00593. The average molecular weight is 483 g/mol. The Morgan fingerprint density at radius 1 is 0.971 bits per heavy atom. The minimum atomic E-state index is -4.63. The number of primary amides is 1. The van der Waals surface area contributed by atoms with Crippen LogP contribution in [0.15, 0.2) is 83.3 Å². The lowest BCUT2D eigenvalue weighted by Gasteiger charge is -2.30. The first-order valence-electron chi connectivity index (χ1n) is 11.2. The fourth-order valence-electron chi connectivity index (χ4n) is 4.42. The van der Waals surface area contributed by atoms with E-state index in [0.717, 1.165) is 11.6 Å². The van der Waals surface area contributed by atoms with Crippen LogP contribution in [0.1, 0.15) is 47.8 Å². The van der Waals surface area contributed by atoms with Crippen LogP contribution in [0.5, 0.6) is 0 Å². The number of nitrogens with zero attached hydrogens (tertiary/aromatic N) is 1. The number of hydrogen-bond donors (Lipinski definition) is 2. The van der Waals surface area contributed by atoms with Gasteiger partial charge < -0.3 is 15.3 Å². The van der Waals surface area contributed by atoms with Gasteiger partial charge in [0.1, 0.15) is 11.1 Å². The van der Waals surface area contributed by atoms with Gasteiger partial charge in [0.25, 0.3) is 0 Å². The number of alkyl halides is 3. The molecule has 4 rings (SSSR count). The Morgan fingerprint density at radius 3 is 2.31 bits per heavy atom. The van der Waals surface area contributed by atoms with Gasteiger partial charge in [-0.2, -0.15) is 13.2 Å². The molecule has 35 heavy (non-hydrogen) atoms. The monoisotopic (exact) mass is 482 g/mol. The van der Waals surface area contributed by atoms with Crippen molar-refractivity contribution in [3.8, 4) is 0 Å². The summed E-state index contributed by atoms with van der Waals surface area (Å²) in [6, 6.07) is 21.4. The number of hydrogen-bond acceptors (Lipinski definition) is 4. The number of halogens is 3. The Kier molecular flexibility index (Phi) is 6.93. The summed E-state index contributed by atoms with van der Waals surface area (Å²) in [5.41, 5.74) is 4.60. The minimum Gasteiger partial charge on any atom is -0.438 e. The van der Waals surface area contributed by atoms with Crippen molar-refractivity contribution in [3.05, 3.63) is 101 Å². The number of fused-ring (bicyclic) bond motifs is 1. The Bertz CT molecular complexity index is 1270. The molecule has 2 unspecified atom stereocenters. The number of benzene rings is 3. The van der Waals surface area contributed by atoms with Crippen molar-refractivity contribution in [3.63, 3.8) is 0 Å². The summed E-state index contributed by atoms with van der Waals surface area (Å²) >= 11 is 0. The highest BCUT2D eigenvalue weighted by Gasteiger charge is 2.41. The van der Waals surface area contributed by atoms with Crippen LogP contribution in [-0.2, 0) is 23.0 Å². The maximum atomic E-state index is 13.8. The number of aliphatic hydroxyl groups is 1. The molecule has 5 nitrogen and oxygen atoms in total. The predicted octanol–water partition coefficient (Wildman–Crippen LogP) is 5.72. The number of oxazole rings is 1. The molecule has 182 valence electrons. The second kappa shape index (κ2) is 9.92. The van der Waals surface area contributed by atoms with Gasteiger partial charge in [0.05, 0.1) is 5.56 Å². The van der Waals surface area contributed by atoms with E-state index in [1.807, 2.05) is 30.3 Å². The molecule has 0 bridgehead atoms. The van der Waals surface area contributed by atoms with Crippen LogP contribution in [0.25, 0.3) is 11.1 Å². The molecule has 1 heterocycles. The van der Waals surface area contributed by atoms with Gasteiger partial charge in [-0.3, -0.25) is 4.79 Å². The number of rotatable bonds is 9. The largest absolute Gasteiger partial charge is 0.438 e. The first-order valence-corrected chi connectivity index (χ1v) is 11.2. The Labute approximate surface area is 200 Å². The van der Waals surface area contributed by atoms with E-state index in [0.29, 0.717) is 17.5 Å². The molecule has 0 saturated heterocycles. The van der Waals surface area contributed by atoms with E-state index < -0.39 is 29.2 Å². The zero-order valence-electron chi connectivity index (χ0n) is 18.8. The van der Waals surface area contributed by atoms with Gasteiger partial charge in [-0.25, -0.2) is 4.98 Å². The van der Waals surface area contributed by atoms with Gasteiger partial charge in [-0.1, -0.05) is 60.7 Å². The third-order valence-electron chi connectivity index (χ3n) is 6.10. The lowest BCUT2D eigenvalue weighted by atomic mass is 9.79. The number of para-hydroxylation sites is 2. The van der Waals surface area contributed by atoms with Crippen molar-refractivity contribution in [1.29, 1.82) is 0 Å². The molecule has 0 spiro atoms. The van der Waals surface area contributed by atoms with Crippen molar-refractivity contribution < 1.29 is 27.5 Å². The summed E-state index contributed by atoms with van der Waals surface area (Å²) in [4.78, 5) is 16.3. The van der Waals surface area contributed by atoms with Crippen molar-refractivity contribution >= 4 is 17.0 Å². The van der Waals surface area contributed by atoms with E-state index in [4.69, 9.17) is 10.2 Å². The van der Waals surface area contributed by atoms with Gasteiger partial charge in [0, 0.05) is 6.42 Å². The molecule has 8 heteroatoms. The molecular formula is C27H25F3N2O3. The standard InChI is InChI=1S/C27H25F3N2O3/c28-27(29,30)21-11-5-4-10-20(21)19(16-24(31)33)17-26(34,15-14-18-8-2-1-3-9-18)25-32-22-12-6-7-13-23(22)35-25/h1-13,19,34H,14-17H2,(H2,31,33). The molecule has 0 aliphatic carbocycles. The molecule has 1 amide bonds. The third-order valence-corrected chi connectivity index (χ3v) is 6.10. The van der Waals surface area contributed by atoms with E-state index in [9.17, 15) is 23.1 Å². The smallest absolute Gasteiger partial charge is 0.416 e. The number of carbonyl (C=O) groups excluding carboxylic acids is 1. The van der Waals surface area contributed by atoms with Crippen molar-refractivity contribution in [2.45, 2.75) is 43.4 Å². The molecule has 0 saturated carbocycles. The molecule has 0 radical (unpaired) electrons. The number of amides is 1. The Balaban J connectivity index is 1.77. The lowest BCUT2D eigenvalue weighted by Crippen LogP contribution is -2.31. The maximum Gasteiger partial charge on any atom is 0.416 e. The highest BCUT2D eigenvalue weighted by atomic mass is 19.4. The average Bonchev–Trinajstić information content (AvgIpc) is 3.28. The maximum absolute atomic E-state index is 13.8. The van der Waals surface area contributed by atoms with Gasteiger partial charge in [0.15, 0.2) is 5.58 Å². The number of aromatic nitrogens is 1. The van der Waals surface area contributed by atoms with Gasteiger partial charge >= 0.3 is 6.18 Å². The summed E-state index contributed by atoms with van der Waals surface area (Å²) < 4.78 is 47.3. The van der Waals surface area contributed by atoms with Gasteiger partial charge in [-0.05, 0) is 54.5 Å². The van der Waals surface area contributed by atoms with E-state index >= 15 is 0 Å². The molecule has 0 aliphatic heterocycles. The zero-order chi connectivity index (χ0) is 25.1. The first-order chi connectivity index (χ1) is 16.7. The Morgan fingerprint density at radius 2 is 1.63 bits per heavy atom. The van der Waals surface area contributed by atoms with E-state index in [1.54, 1.807) is 24.3 Å². The zero-order valence-corrected chi connectivity index (χ0v) is 18.8. The quantitative estimate of drug-likeness (QED) is 0.320. The van der Waals surface area contributed by atoms with Crippen molar-refractivity contribution in [1.82, 2.24) is 4.98 Å². The summed E-state index contributed by atoms with van der Waals surface area (Å²) in [5, 5.41) is 11.9. The van der Waals surface area contributed by atoms with Gasteiger partial charge in [-0.15, -0.1) is 0 Å². The van der Waals surface area contributed by atoms with Crippen LogP contribution in [0.2, 0.25) is 0 Å². The number of nitrogens with two attached hydrogens (primary N) is 1. The number of aryl methyl sites for hydroxylation is 1. The summed E-state index contributed by atoms with van der Waals surface area (Å²) in [7, 11) is 0. The predicted molar refractivity (Wildman–Crippen MR) is 125 cm³/mol. The van der Waals surface area contributed by atoms with Crippen LogP contribution in [0.3, 0.4) is 0 Å². The topological polar surface area (TPSA) is 89.4 Å². The van der Waals surface area contributed by atoms with Crippen LogP contribution in [0, 0.1) is 0 Å². The van der Waals surface area contributed by atoms with Crippen LogP contribution < -0.4 is 5.73 Å². The summed E-state index contributed by atoms with van der Waals surface area (Å²) in [6.45, 7) is 0. The van der Waals surface area contributed by atoms with Crippen LogP contribution in [-0.4, -0.2) is 16.0 Å². The molecule has 3 aromatic carbocycles. The highest BCUT2D eigenvalue weighted by Crippen LogP contribution is 2.43. The second-order valence-electron chi connectivity index (χ2n) is 8.66. The van der Waals surface area contributed by atoms with E-state index in [2.05, 4.69) is 4.98 Å². The number of carbonyl (C=O) groups is 1. The highest BCUT2D eigenvalue weighted by molar-refractivity contribution is 5.75. The third kappa shape index (κ3) is 5.71. The van der Waals surface area contributed by atoms with Crippen LogP contribution in [0.4, 0.5) is 13.2 Å². The molecule has 0 fully saturated rings. The SMILES string of the molecule is NC(=O)CC(CC(O)(CCc1ccccc1)c1nc2ccccc2o1)c1ccccc1C(F)(F)F. The molecule has 1 aromatic heterocycles. The molecule has 4 aromatic rings. The van der Waals surface area contributed by atoms with Crippen molar-refractivity contribution in [2.24, 2.45) is 5.73 Å². The molecular weight excluding hydrogens is 457 g/mol. The first kappa shape index (κ1) is 24.5. The van der Waals surface area contributed by atoms with Gasteiger partial charge in [0.2, 0.25) is 11.8 Å². The van der Waals surface area contributed by atoms with Crippen LogP contribution >= 0.6 is 0 Å². The lowest BCUT2D eigenvalue weighted by molar-refractivity contribution is -0.139. The fourth-order valence-corrected chi connectivity index (χ4v) is 4.42. The van der Waals surface area contributed by atoms with Crippen molar-refractivity contribution in [2.75, 3.05) is 0 Å².